The molecule has 0 aliphatic carbocycles. The molecule has 0 radical (unpaired) electrons. The van der Waals surface area contributed by atoms with Gasteiger partial charge in [-0.25, -0.2) is 0 Å². The van der Waals surface area contributed by atoms with Crippen LogP contribution in [0.5, 0.6) is 0 Å². The third kappa shape index (κ3) is 2.75. The van der Waals surface area contributed by atoms with Crippen molar-refractivity contribution in [3.05, 3.63) is 34.7 Å². The van der Waals surface area contributed by atoms with Crippen LogP contribution in [0, 0.1) is 12.8 Å². The van der Waals surface area contributed by atoms with Crippen molar-refractivity contribution in [1.29, 1.82) is 0 Å². The molecule has 1 aromatic heterocycles. The number of amides is 1. The molecular weight excluding hydrogens is 340 g/mol. The Morgan fingerprint density at radius 1 is 1.29 bits per heavy atom. The van der Waals surface area contributed by atoms with Crippen LogP contribution < -0.4 is 5.32 Å². The predicted molar refractivity (Wildman–Crippen MR) is 103 cm³/mol. The predicted octanol–water partition coefficient (Wildman–Crippen LogP) is 4.23. The highest BCUT2D eigenvalue weighted by Crippen LogP contribution is 2.39. The van der Waals surface area contributed by atoms with Crippen molar-refractivity contribution in [2.45, 2.75) is 45.2 Å². The number of thiophene rings is 1. The number of nitrogens with zero attached hydrogens (tertiary/aromatic N) is 1. The standard InChI is InChI=1S/C19H24N2OS.ClH/c1-12-11-23-16-10-14(4-5-15(12)16)18(22)20-17-13-6-8-21(9-7-13)19(17,2)3;/h4-5,10-11,13,17H,6-9H2,1-3H3,(H,20,22);1H. The van der Waals surface area contributed by atoms with E-state index in [1.54, 1.807) is 11.3 Å². The number of fused-ring (bicyclic) bond motifs is 4. The number of hydrogen-bond donors (Lipinski definition) is 1. The Morgan fingerprint density at radius 3 is 2.67 bits per heavy atom. The van der Waals surface area contributed by atoms with Crippen LogP contribution >= 0.6 is 23.7 Å². The second kappa shape index (κ2) is 6.32. The van der Waals surface area contributed by atoms with E-state index in [0.29, 0.717) is 5.92 Å². The molecule has 2 bridgehead atoms. The van der Waals surface area contributed by atoms with Crippen LogP contribution in [0.25, 0.3) is 10.1 Å². The van der Waals surface area contributed by atoms with Crippen molar-refractivity contribution in [2.75, 3.05) is 13.1 Å². The third-order valence-corrected chi connectivity index (χ3v) is 6.97. The molecule has 5 heteroatoms. The first kappa shape index (κ1) is 17.7. The number of hydrogen-bond acceptors (Lipinski definition) is 3. The summed E-state index contributed by atoms with van der Waals surface area (Å²) in [4.78, 5) is 15.3. The average molecular weight is 365 g/mol. The van der Waals surface area contributed by atoms with Crippen LogP contribution in [-0.4, -0.2) is 35.5 Å². The minimum Gasteiger partial charge on any atom is -0.347 e. The number of carbonyl (C=O) groups is 1. The quantitative estimate of drug-likeness (QED) is 0.864. The topological polar surface area (TPSA) is 32.3 Å². The summed E-state index contributed by atoms with van der Waals surface area (Å²) in [5.41, 5.74) is 2.13. The summed E-state index contributed by atoms with van der Waals surface area (Å²) in [6.45, 7) is 9.01. The number of benzene rings is 1. The molecule has 5 rings (SSSR count). The first-order valence-corrected chi connectivity index (χ1v) is 9.38. The van der Waals surface area contributed by atoms with Gasteiger partial charge in [0.2, 0.25) is 0 Å². The molecule has 1 N–H and O–H groups in total. The highest BCUT2D eigenvalue weighted by Gasteiger charge is 2.48. The van der Waals surface area contributed by atoms with Crippen LogP contribution in [0.2, 0.25) is 0 Å². The van der Waals surface area contributed by atoms with Gasteiger partial charge in [-0.2, -0.15) is 0 Å². The zero-order valence-corrected chi connectivity index (χ0v) is 16.1. The molecule has 1 aromatic carbocycles. The molecular formula is C19H25ClN2OS. The first-order chi connectivity index (χ1) is 11.0. The van der Waals surface area contributed by atoms with Gasteiger partial charge in [0, 0.05) is 21.8 Å². The fraction of sp³-hybridized carbons (Fsp3) is 0.526. The molecule has 2 aromatic rings. The van der Waals surface area contributed by atoms with Gasteiger partial charge in [-0.05, 0) is 81.1 Å². The van der Waals surface area contributed by atoms with Crippen LogP contribution in [0.3, 0.4) is 0 Å². The summed E-state index contributed by atoms with van der Waals surface area (Å²) in [5, 5.41) is 6.77. The Labute approximate surface area is 153 Å². The van der Waals surface area contributed by atoms with Gasteiger partial charge in [-0.1, -0.05) is 6.07 Å². The Morgan fingerprint density at radius 2 is 2.00 bits per heavy atom. The van der Waals surface area contributed by atoms with Crippen molar-refractivity contribution in [3.63, 3.8) is 0 Å². The van der Waals surface area contributed by atoms with Gasteiger partial charge in [0.25, 0.3) is 5.91 Å². The normalized spacial score (nSPS) is 27.7. The van der Waals surface area contributed by atoms with Gasteiger partial charge < -0.3 is 5.32 Å². The Bertz CT molecular complexity index is 762. The van der Waals surface area contributed by atoms with E-state index in [0.717, 1.165) is 5.56 Å². The zero-order valence-electron chi connectivity index (χ0n) is 14.5. The monoisotopic (exact) mass is 364 g/mol. The highest BCUT2D eigenvalue weighted by molar-refractivity contribution is 7.17. The maximum atomic E-state index is 12.8. The Kier molecular flexibility index (Phi) is 4.67. The Balaban J connectivity index is 0.00000169. The van der Waals surface area contributed by atoms with E-state index in [-0.39, 0.29) is 29.9 Å². The number of nitrogens with one attached hydrogen (secondary N) is 1. The zero-order chi connectivity index (χ0) is 16.2. The molecule has 1 unspecified atom stereocenters. The largest absolute Gasteiger partial charge is 0.347 e. The molecule has 4 heterocycles. The summed E-state index contributed by atoms with van der Waals surface area (Å²) < 4.78 is 1.20. The van der Waals surface area contributed by atoms with Gasteiger partial charge in [0.05, 0.1) is 0 Å². The van der Waals surface area contributed by atoms with E-state index in [1.807, 2.05) is 12.1 Å². The fourth-order valence-corrected chi connectivity index (χ4v) is 5.39. The van der Waals surface area contributed by atoms with Gasteiger partial charge >= 0.3 is 0 Å². The van der Waals surface area contributed by atoms with Crippen molar-refractivity contribution in [1.82, 2.24) is 10.2 Å². The summed E-state index contributed by atoms with van der Waals surface area (Å²) in [6.07, 6.45) is 2.41. The molecule has 3 aliphatic heterocycles. The van der Waals surface area contributed by atoms with Crippen molar-refractivity contribution in [3.8, 4) is 0 Å². The number of aryl methyl sites for hydroxylation is 1. The Hall–Kier alpha value is -1.10. The van der Waals surface area contributed by atoms with E-state index < -0.39 is 0 Å². The average Bonchev–Trinajstić information content (AvgIpc) is 2.92. The highest BCUT2D eigenvalue weighted by atomic mass is 35.5. The third-order valence-electron chi connectivity index (χ3n) is 5.91. The molecule has 24 heavy (non-hydrogen) atoms. The van der Waals surface area contributed by atoms with E-state index >= 15 is 0 Å². The molecule has 1 atom stereocenters. The summed E-state index contributed by atoms with van der Waals surface area (Å²) in [5.74, 6) is 0.691. The molecule has 0 saturated carbocycles. The second-order valence-corrected chi connectivity index (χ2v) is 8.47. The van der Waals surface area contributed by atoms with Gasteiger partial charge in [0.1, 0.15) is 0 Å². The lowest BCUT2D eigenvalue weighted by molar-refractivity contribution is -0.0378. The minimum atomic E-state index is 0. The van der Waals surface area contributed by atoms with Crippen LogP contribution in [-0.2, 0) is 0 Å². The van der Waals surface area contributed by atoms with Gasteiger partial charge in [-0.15, -0.1) is 23.7 Å². The summed E-state index contributed by atoms with van der Waals surface area (Å²) >= 11 is 1.72. The number of rotatable bonds is 2. The maximum Gasteiger partial charge on any atom is 0.251 e. The molecule has 3 saturated heterocycles. The lowest BCUT2D eigenvalue weighted by Gasteiger charge is -2.56. The van der Waals surface area contributed by atoms with Crippen molar-refractivity contribution >= 4 is 39.7 Å². The van der Waals surface area contributed by atoms with Crippen LogP contribution in [0.15, 0.2) is 23.6 Å². The van der Waals surface area contributed by atoms with Gasteiger partial charge in [-0.3, -0.25) is 9.69 Å². The molecule has 0 spiro atoms. The molecule has 3 fully saturated rings. The van der Waals surface area contributed by atoms with Crippen molar-refractivity contribution < 1.29 is 4.79 Å². The van der Waals surface area contributed by atoms with Crippen LogP contribution in [0.4, 0.5) is 0 Å². The number of carbonyl (C=O) groups excluding carboxylic acids is 1. The fourth-order valence-electron chi connectivity index (χ4n) is 4.40. The van der Waals surface area contributed by atoms with Gasteiger partial charge in [0.15, 0.2) is 0 Å². The summed E-state index contributed by atoms with van der Waals surface area (Å²) in [7, 11) is 0. The van der Waals surface area contributed by atoms with E-state index in [9.17, 15) is 4.79 Å². The lowest BCUT2D eigenvalue weighted by Crippen LogP contribution is -2.69. The number of halogens is 1. The maximum absolute atomic E-state index is 12.8. The minimum absolute atomic E-state index is 0. The van der Waals surface area contributed by atoms with E-state index in [4.69, 9.17) is 0 Å². The van der Waals surface area contributed by atoms with E-state index in [1.165, 1.54) is 41.6 Å². The number of piperidine rings is 3. The SMILES string of the molecule is Cc1csc2cc(C(=O)NC3C4CCN(CC4)C3(C)C)ccc12.Cl. The lowest BCUT2D eigenvalue weighted by atomic mass is 9.72. The molecule has 3 nitrogen and oxygen atoms in total. The van der Waals surface area contributed by atoms with Crippen molar-refractivity contribution in [2.24, 2.45) is 5.92 Å². The summed E-state index contributed by atoms with van der Waals surface area (Å²) in [6, 6.07) is 6.33. The smallest absolute Gasteiger partial charge is 0.251 e. The first-order valence-electron chi connectivity index (χ1n) is 8.50. The van der Waals surface area contributed by atoms with E-state index in [2.05, 4.69) is 42.4 Å². The van der Waals surface area contributed by atoms with Crippen LogP contribution in [0.1, 0.15) is 42.6 Å². The molecule has 3 aliphatic rings. The second-order valence-electron chi connectivity index (χ2n) is 7.56. The molecule has 130 valence electrons. The molecule has 1 amide bonds.